The number of fused-ring (bicyclic) bond motifs is 3. The Balaban J connectivity index is 1.67. The van der Waals surface area contributed by atoms with Crippen LogP contribution in [0.25, 0.3) is 33.4 Å². The molecule has 1 aliphatic rings. The maximum atomic E-state index is 2.39. The molecular weight excluding hydrogens is 336 g/mol. The number of aryl methyl sites for hydroxylation is 1. The predicted octanol–water partition coefficient (Wildman–Crippen LogP) is 7.64. The van der Waals surface area contributed by atoms with Crippen LogP contribution in [0.15, 0.2) is 91.0 Å². The third-order valence-electron chi connectivity index (χ3n) is 6.13. The van der Waals surface area contributed by atoms with Crippen LogP contribution in [0.2, 0.25) is 0 Å². The van der Waals surface area contributed by atoms with Gasteiger partial charge in [0.05, 0.1) is 0 Å². The Labute approximate surface area is 167 Å². The van der Waals surface area contributed by atoms with E-state index in [-0.39, 0.29) is 5.41 Å². The second-order valence-electron chi connectivity index (χ2n) is 8.38. The lowest BCUT2D eigenvalue weighted by Gasteiger charge is -2.22. The van der Waals surface area contributed by atoms with Gasteiger partial charge in [0.25, 0.3) is 0 Å². The Morgan fingerprint density at radius 3 is 1.96 bits per heavy atom. The van der Waals surface area contributed by atoms with Gasteiger partial charge in [0.15, 0.2) is 0 Å². The topological polar surface area (TPSA) is 0 Å². The fourth-order valence-corrected chi connectivity index (χ4v) is 4.57. The van der Waals surface area contributed by atoms with Crippen molar-refractivity contribution in [2.24, 2.45) is 0 Å². The molecule has 0 heteroatoms. The van der Waals surface area contributed by atoms with Crippen LogP contribution >= 0.6 is 0 Å². The molecule has 1 aliphatic carbocycles. The first kappa shape index (κ1) is 17.0. The largest absolute Gasteiger partial charge is 0.0622 e. The van der Waals surface area contributed by atoms with Crippen molar-refractivity contribution in [3.8, 4) is 33.4 Å². The van der Waals surface area contributed by atoms with Crippen LogP contribution in [0.1, 0.15) is 30.5 Å². The van der Waals surface area contributed by atoms with Gasteiger partial charge < -0.3 is 0 Å². The molecule has 0 spiro atoms. The van der Waals surface area contributed by atoms with Crippen LogP contribution in [-0.2, 0) is 5.41 Å². The summed E-state index contributed by atoms with van der Waals surface area (Å²) in [7, 11) is 0. The van der Waals surface area contributed by atoms with Gasteiger partial charge in [0, 0.05) is 5.41 Å². The Hall–Kier alpha value is -3.12. The highest BCUT2D eigenvalue weighted by molar-refractivity contribution is 5.86. The smallest absolute Gasteiger partial charge is 0.0159 e. The Morgan fingerprint density at radius 2 is 1.18 bits per heavy atom. The molecule has 0 bridgehead atoms. The fraction of sp³-hybridized carbons (Fsp3) is 0.143. The van der Waals surface area contributed by atoms with Crippen molar-refractivity contribution in [1.82, 2.24) is 0 Å². The quantitative estimate of drug-likeness (QED) is 0.344. The van der Waals surface area contributed by atoms with E-state index in [0.29, 0.717) is 0 Å². The molecule has 0 unspecified atom stereocenters. The molecular formula is C28H24. The highest BCUT2D eigenvalue weighted by Crippen LogP contribution is 2.50. The van der Waals surface area contributed by atoms with Gasteiger partial charge in [-0.25, -0.2) is 0 Å². The van der Waals surface area contributed by atoms with E-state index in [4.69, 9.17) is 0 Å². The Morgan fingerprint density at radius 1 is 0.500 bits per heavy atom. The molecule has 0 amide bonds. The van der Waals surface area contributed by atoms with Gasteiger partial charge in [-0.3, -0.25) is 0 Å². The summed E-state index contributed by atoms with van der Waals surface area (Å²) < 4.78 is 0. The van der Waals surface area contributed by atoms with Crippen LogP contribution in [0.3, 0.4) is 0 Å². The maximum absolute atomic E-state index is 2.39. The molecule has 0 radical (unpaired) electrons. The Kier molecular flexibility index (Phi) is 3.77. The minimum Gasteiger partial charge on any atom is -0.0622 e. The minimum absolute atomic E-state index is 0.0145. The van der Waals surface area contributed by atoms with Crippen LogP contribution < -0.4 is 0 Å². The summed E-state index contributed by atoms with van der Waals surface area (Å²) in [4.78, 5) is 0. The van der Waals surface area contributed by atoms with Gasteiger partial charge in [-0.05, 0) is 63.6 Å². The van der Waals surface area contributed by atoms with Crippen LogP contribution in [0, 0.1) is 6.92 Å². The molecule has 4 aromatic carbocycles. The molecule has 0 aromatic heterocycles. The van der Waals surface area contributed by atoms with Crippen molar-refractivity contribution in [2.75, 3.05) is 0 Å². The maximum Gasteiger partial charge on any atom is 0.0159 e. The molecule has 0 heterocycles. The summed E-state index contributed by atoms with van der Waals surface area (Å²) in [6.45, 7) is 6.85. The highest BCUT2D eigenvalue weighted by atomic mass is 14.4. The molecule has 28 heavy (non-hydrogen) atoms. The standard InChI is InChI=1S/C28H24/c1-19-8-7-11-21(16-19)22-13-15-26-25(17-22)24-14-12-23(18-27(24)28(26,2)3)20-9-5-4-6-10-20/h4-18H,1-3H3. The van der Waals surface area contributed by atoms with Gasteiger partial charge in [-0.1, -0.05) is 98.3 Å². The normalized spacial score (nSPS) is 13.8. The molecule has 4 aromatic rings. The van der Waals surface area contributed by atoms with Gasteiger partial charge in [0.1, 0.15) is 0 Å². The van der Waals surface area contributed by atoms with Crippen molar-refractivity contribution in [1.29, 1.82) is 0 Å². The first-order valence-corrected chi connectivity index (χ1v) is 9.96. The van der Waals surface area contributed by atoms with Crippen LogP contribution in [0.5, 0.6) is 0 Å². The summed E-state index contributed by atoms with van der Waals surface area (Å²) in [6.07, 6.45) is 0. The molecule has 5 rings (SSSR count). The zero-order chi connectivity index (χ0) is 19.3. The Bertz CT molecular complexity index is 1180. The minimum atomic E-state index is 0.0145. The molecule has 0 nitrogen and oxygen atoms in total. The SMILES string of the molecule is Cc1cccc(-c2ccc3c(c2)-c2ccc(-c4ccccc4)cc2C3(C)C)c1. The lowest BCUT2D eigenvalue weighted by atomic mass is 9.81. The van der Waals surface area contributed by atoms with Crippen molar-refractivity contribution < 1.29 is 0 Å². The second-order valence-corrected chi connectivity index (χ2v) is 8.38. The fourth-order valence-electron chi connectivity index (χ4n) is 4.57. The predicted molar refractivity (Wildman–Crippen MR) is 120 cm³/mol. The van der Waals surface area contributed by atoms with Crippen molar-refractivity contribution >= 4 is 0 Å². The van der Waals surface area contributed by atoms with Gasteiger partial charge >= 0.3 is 0 Å². The van der Waals surface area contributed by atoms with Crippen molar-refractivity contribution in [3.63, 3.8) is 0 Å². The molecule has 0 N–H and O–H groups in total. The van der Waals surface area contributed by atoms with Gasteiger partial charge in [-0.15, -0.1) is 0 Å². The van der Waals surface area contributed by atoms with E-state index in [1.54, 1.807) is 0 Å². The molecule has 0 fully saturated rings. The monoisotopic (exact) mass is 360 g/mol. The third-order valence-corrected chi connectivity index (χ3v) is 6.13. The van der Waals surface area contributed by atoms with Crippen LogP contribution in [-0.4, -0.2) is 0 Å². The van der Waals surface area contributed by atoms with Gasteiger partial charge in [0.2, 0.25) is 0 Å². The second kappa shape index (κ2) is 6.21. The molecule has 0 saturated heterocycles. The van der Waals surface area contributed by atoms with E-state index < -0.39 is 0 Å². The van der Waals surface area contributed by atoms with Crippen molar-refractivity contribution in [3.05, 3.63) is 108 Å². The summed E-state index contributed by atoms with van der Waals surface area (Å²) in [5.74, 6) is 0. The van der Waals surface area contributed by atoms with Gasteiger partial charge in [-0.2, -0.15) is 0 Å². The lowest BCUT2D eigenvalue weighted by molar-refractivity contribution is 0.660. The molecule has 136 valence electrons. The summed E-state index contributed by atoms with van der Waals surface area (Å²) in [5.41, 5.74) is 12.0. The highest BCUT2D eigenvalue weighted by Gasteiger charge is 2.35. The van der Waals surface area contributed by atoms with E-state index >= 15 is 0 Å². The average molecular weight is 361 g/mol. The molecule has 0 atom stereocenters. The van der Waals surface area contributed by atoms with E-state index in [1.165, 1.54) is 50.1 Å². The zero-order valence-electron chi connectivity index (χ0n) is 16.7. The summed E-state index contributed by atoms with van der Waals surface area (Å²) >= 11 is 0. The van der Waals surface area contributed by atoms with E-state index in [2.05, 4.69) is 112 Å². The summed E-state index contributed by atoms with van der Waals surface area (Å²) in [6, 6.07) is 33.4. The summed E-state index contributed by atoms with van der Waals surface area (Å²) in [5, 5.41) is 0. The van der Waals surface area contributed by atoms with Crippen molar-refractivity contribution in [2.45, 2.75) is 26.2 Å². The van der Waals surface area contributed by atoms with E-state index in [9.17, 15) is 0 Å². The first-order chi connectivity index (χ1) is 13.5. The first-order valence-electron chi connectivity index (χ1n) is 9.96. The number of hydrogen-bond acceptors (Lipinski definition) is 0. The molecule has 0 aliphatic heterocycles. The lowest BCUT2D eigenvalue weighted by Crippen LogP contribution is -2.15. The van der Waals surface area contributed by atoms with Crippen LogP contribution in [0.4, 0.5) is 0 Å². The van der Waals surface area contributed by atoms with E-state index in [1.807, 2.05) is 0 Å². The number of rotatable bonds is 2. The number of benzene rings is 4. The third kappa shape index (κ3) is 2.60. The number of hydrogen-bond donors (Lipinski definition) is 0. The average Bonchev–Trinajstić information content (AvgIpc) is 2.95. The van der Waals surface area contributed by atoms with E-state index in [0.717, 1.165) is 0 Å². The zero-order valence-corrected chi connectivity index (χ0v) is 16.7. The molecule has 0 saturated carbocycles.